The second kappa shape index (κ2) is 14.9. The topological polar surface area (TPSA) is 129 Å². The van der Waals surface area contributed by atoms with E-state index in [1.54, 1.807) is 24.3 Å². The Morgan fingerprint density at radius 2 is 1.63 bits per heavy atom. The molecule has 1 aromatic heterocycles. The van der Waals surface area contributed by atoms with Gasteiger partial charge < -0.3 is 30.0 Å². The third-order valence-electron chi connectivity index (χ3n) is 13.8. The lowest BCUT2D eigenvalue weighted by atomic mass is 9.92. The molecule has 6 aliphatic rings. The summed E-state index contributed by atoms with van der Waals surface area (Å²) in [4.78, 5) is 52.0. The summed E-state index contributed by atoms with van der Waals surface area (Å²) < 4.78 is 47.2. The number of ether oxygens (including phenoxy) is 2. The van der Waals surface area contributed by atoms with E-state index in [4.69, 9.17) is 14.5 Å². The maximum absolute atomic E-state index is 16.7. The van der Waals surface area contributed by atoms with Gasteiger partial charge in [-0.15, -0.1) is 0 Å². The number of hydrogen-bond donors (Lipinski definition) is 3. The van der Waals surface area contributed by atoms with Gasteiger partial charge in [-0.1, -0.05) is 64.9 Å². The molecule has 11 nitrogen and oxygen atoms in total. The zero-order valence-corrected chi connectivity index (χ0v) is 38.1. The molecule has 1 spiro atoms. The highest BCUT2D eigenvalue weighted by Gasteiger charge is 2.55. The molecule has 4 aromatic rings. The van der Waals surface area contributed by atoms with Gasteiger partial charge in [-0.25, -0.2) is 14.6 Å². The fourth-order valence-electron chi connectivity index (χ4n) is 10.5. The Bertz CT molecular complexity index is 2590. The van der Waals surface area contributed by atoms with E-state index in [1.165, 1.54) is 7.11 Å². The number of alkyl carbamates (subject to hydrolysis) is 1. The van der Waals surface area contributed by atoms with Gasteiger partial charge in [0.05, 0.1) is 39.6 Å². The van der Waals surface area contributed by atoms with Crippen LogP contribution in [-0.2, 0) is 20.2 Å². The van der Waals surface area contributed by atoms with Crippen LogP contribution in [0.25, 0.3) is 39.0 Å². The van der Waals surface area contributed by atoms with E-state index in [0.29, 0.717) is 34.7 Å². The number of nitrogens with one attached hydrogen (secondary N) is 3. The Kier molecular flexibility index (Phi) is 9.87. The summed E-state index contributed by atoms with van der Waals surface area (Å²) in [5.74, 6) is -2.22. The van der Waals surface area contributed by atoms with Gasteiger partial charge in [0.25, 0.3) is 5.92 Å². The lowest BCUT2D eigenvalue weighted by Gasteiger charge is -2.40. The number of carbonyl (C=O) groups is 3. The normalized spacial score (nSPS) is 24.5. The van der Waals surface area contributed by atoms with Gasteiger partial charge in [0, 0.05) is 23.7 Å². The molecule has 2 bridgehead atoms. The summed E-state index contributed by atoms with van der Waals surface area (Å²) in [6.45, 7) is 10.1. The third-order valence-corrected chi connectivity index (χ3v) is 16.4. The maximum Gasteiger partial charge on any atom is 0.411 e. The number of piperidine rings is 1. The number of nitrogens with zero attached hydrogens (tertiary/aromatic N) is 3. The third kappa shape index (κ3) is 7.17. The Morgan fingerprint density at radius 1 is 0.935 bits per heavy atom. The highest BCUT2D eigenvalue weighted by molar-refractivity contribution is 14.2. The summed E-state index contributed by atoms with van der Waals surface area (Å²) in [6.07, 6.45) is 5.86. The molecule has 3 aliphatic heterocycles. The SMILES string of the molecule is COC(=O)N[C@@H](C(=O)N1CC2(CC2)C[C@H]1C1=IC=C(c2ccc3c(c2)C(F)(F)c2cc(-c4ccc5nc([C@@H]6CC7CCC(C7)N6C(=O)OC(C)(C)C)[nH]c5c4)ccc2-3)N1)C(C)C. The van der Waals surface area contributed by atoms with Gasteiger partial charge in [0.1, 0.15) is 17.5 Å². The monoisotopic (exact) mass is 958 g/mol. The first-order chi connectivity index (χ1) is 29.5. The van der Waals surface area contributed by atoms with E-state index < -0.39 is 44.4 Å². The second-order valence-electron chi connectivity index (χ2n) is 19.6. The van der Waals surface area contributed by atoms with Crippen LogP contribution in [0.1, 0.15) is 108 Å². The van der Waals surface area contributed by atoms with Gasteiger partial charge in [0.2, 0.25) is 5.91 Å². The molecule has 2 unspecified atom stereocenters. The summed E-state index contributed by atoms with van der Waals surface area (Å²) in [7, 11) is 1.29. The highest BCUT2D eigenvalue weighted by Crippen LogP contribution is 2.56. The van der Waals surface area contributed by atoms with Crippen molar-refractivity contribution in [2.75, 3.05) is 13.7 Å². The highest BCUT2D eigenvalue weighted by atomic mass is 127. The van der Waals surface area contributed by atoms with Gasteiger partial charge in [0.15, 0.2) is 0 Å². The van der Waals surface area contributed by atoms with Crippen LogP contribution in [0.15, 0.2) is 58.7 Å². The van der Waals surface area contributed by atoms with Crippen molar-refractivity contribution in [3.05, 3.63) is 81.2 Å². The van der Waals surface area contributed by atoms with Crippen LogP contribution in [0.3, 0.4) is 0 Å². The number of halogens is 3. The maximum atomic E-state index is 16.7. The summed E-state index contributed by atoms with van der Waals surface area (Å²) in [5.41, 5.74) is 4.95. The van der Waals surface area contributed by atoms with Crippen molar-refractivity contribution >= 4 is 59.2 Å². The lowest BCUT2D eigenvalue weighted by Crippen LogP contribution is -2.54. The standard InChI is InChI=1S/C48H53F2IN6O5/c1-25(2)40(55-44(59)61-6)43(58)56-24-47(15-16-47)22-39(56)41-51-23-37(52-41)29-9-13-32-31-12-8-27(19-33(31)48(49,50)34(32)20-29)28-10-14-35-36(21-28)54-42(53-35)38-18-26-7-11-30(17-26)57(38)45(60)62-46(3,4)5/h8-10,12-14,19-21,23,25-26,30,38-40,52H,7,11,15-18,22,24H2,1-6H3,(H,53,54)(H,55,59)/t26?,30?,38-,39-,40+/m0/s1. The van der Waals surface area contributed by atoms with Crippen molar-refractivity contribution < 1.29 is 32.6 Å². The zero-order valence-electron chi connectivity index (χ0n) is 35.9. The number of benzene rings is 3. The number of imidazole rings is 1. The molecule has 5 atom stereocenters. The van der Waals surface area contributed by atoms with Gasteiger partial charge >= 0.3 is 12.2 Å². The average Bonchev–Trinajstić information content (AvgIpc) is 3.72. The summed E-state index contributed by atoms with van der Waals surface area (Å²) in [5, 5.41) is 6.34. The molecule has 326 valence electrons. The lowest BCUT2D eigenvalue weighted by molar-refractivity contribution is -0.134. The molecule has 14 heteroatoms. The molecule has 2 saturated carbocycles. The molecule has 3 aliphatic carbocycles. The number of rotatable bonds is 7. The number of carbonyl (C=O) groups excluding carboxylic acids is 3. The van der Waals surface area contributed by atoms with E-state index in [-0.39, 0.29) is 52.6 Å². The van der Waals surface area contributed by atoms with Crippen LogP contribution >= 0.6 is 20.7 Å². The predicted octanol–water partition coefficient (Wildman–Crippen LogP) is 9.96. The number of fused-ring (bicyclic) bond motifs is 6. The first-order valence-corrected chi connectivity index (χ1v) is 24.1. The molecule has 4 heterocycles. The molecule has 3 N–H and O–H groups in total. The van der Waals surface area contributed by atoms with Gasteiger partial charge in [-0.05, 0) is 139 Å². The molecule has 3 aromatic carbocycles. The number of amides is 3. The summed E-state index contributed by atoms with van der Waals surface area (Å²) in [6, 6.07) is 15.5. The molecule has 4 fully saturated rings. The molecule has 3 amide bonds. The molecule has 2 saturated heterocycles. The van der Waals surface area contributed by atoms with Crippen molar-refractivity contribution in [2.24, 2.45) is 17.3 Å². The average molecular weight is 959 g/mol. The second-order valence-corrected chi connectivity index (χ2v) is 22.0. The van der Waals surface area contributed by atoms with Crippen molar-refractivity contribution in [3.8, 4) is 22.3 Å². The van der Waals surface area contributed by atoms with E-state index in [2.05, 4.69) is 19.7 Å². The molecule has 10 rings (SSSR count). The number of methoxy groups -OCH3 is 1. The smallest absolute Gasteiger partial charge is 0.411 e. The minimum Gasteiger partial charge on any atom is -0.453 e. The number of aromatic nitrogens is 2. The van der Waals surface area contributed by atoms with Crippen molar-refractivity contribution in [1.82, 2.24) is 30.4 Å². The van der Waals surface area contributed by atoms with Crippen LogP contribution < -0.4 is 10.6 Å². The number of hydrogen-bond acceptors (Lipinski definition) is 7. The van der Waals surface area contributed by atoms with E-state index in [0.717, 1.165) is 76.7 Å². The minimum absolute atomic E-state index is 0.0237. The van der Waals surface area contributed by atoms with E-state index in [1.807, 2.05) is 74.8 Å². The minimum atomic E-state index is -3.22. The number of H-pyrrole nitrogens is 1. The van der Waals surface area contributed by atoms with Crippen LogP contribution in [-0.4, -0.2) is 78.9 Å². The van der Waals surface area contributed by atoms with Crippen LogP contribution in [0.2, 0.25) is 0 Å². The fourth-order valence-corrected chi connectivity index (χ4v) is 13.1. The Hall–Kier alpha value is -4.86. The molecule has 0 radical (unpaired) electrons. The number of aromatic amines is 1. The van der Waals surface area contributed by atoms with Crippen LogP contribution in [0.5, 0.6) is 0 Å². The summed E-state index contributed by atoms with van der Waals surface area (Å²) >= 11 is -0.643. The first-order valence-electron chi connectivity index (χ1n) is 21.8. The predicted molar refractivity (Wildman–Crippen MR) is 243 cm³/mol. The largest absolute Gasteiger partial charge is 0.453 e. The van der Waals surface area contributed by atoms with Crippen molar-refractivity contribution in [3.63, 3.8) is 0 Å². The molecule has 62 heavy (non-hydrogen) atoms. The quantitative estimate of drug-likeness (QED) is 0.157. The molecular formula is C48H53F2IN6O5. The molecular weight excluding hydrogens is 905 g/mol. The Morgan fingerprint density at radius 3 is 2.32 bits per heavy atom. The van der Waals surface area contributed by atoms with Gasteiger partial charge in [-0.3, -0.25) is 9.69 Å². The Balaban J connectivity index is 0.874. The zero-order chi connectivity index (χ0) is 43.5. The van der Waals surface area contributed by atoms with E-state index >= 15 is 8.78 Å². The Labute approximate surface area is 370 Å². The fraction of sp³-hybridized carbons (Fsp3) is 0.479. The van der Waals surface area contributed by atoms with Crippen molar-refractivity contribution in [1.29, 1.82) is 0 Å². The number of alkyl halides is 2. The van der Waals surface area contributed by atoms with Crippen LogP contribution in [0.4, 0.5) is 18.4 Å². The first kappa shape index (κ1) is 41.2. The number of likely N-dealkylation sites (tertiary alicyclic amines) is 2. The van der Waals surface area contributed by atoms with Crippen LogP contribution in [0, 0.1) is 17.3 Å². The van der Waals surface area contributed by atoms with Gasteiger partial charge in [-0.2, -0.15) is 8.78 Å². The van der Waals surface area contributed by atoms with E-state index in [9.17, 15) is 14.4 Å². The van der Waals surface area contributed by atoms with Crippen molar-refractivity contribution in [2.45, 2.75) is 115 Å².